The molecule has 0 unspecified atom stereocenters. The van der Waals surface area contributed by atoms with E-state index in [0.29, 0.717) is 6.42 Å². The van der Waals surface area contributed by atoms with Gasteiger partial charge in [-0.2, -0.15) is 0 Å². The Labute approximate surface area is 165 Å². The molecule has 0 bridgehead atoms. The van der Waals surface area contributed by atoms with Crippen LogP contribution in [0.1, 0.15) is 30.6 Å². The van der Waals surface area contributed by atoms with Crippen molar-refractivity contribution in [2.24, 2.45) is 0 Å². The predicted octanol–water partition coefficient (Wildman–Crippen LogP) is 2.31. The first kappa shape index (κ1) is 21.2. The van der Waals surface area contributed by atoms with Crippen LogP contribution < -0.4 is 10.6 Å². The van der Waals surface area contributed by atoms with E-state index in [4.69, 9.17) is 21.1 Å². The number of ether oxygens (including phenoxy) is 2. The number of carbonyl (C=O) groups excluding carboxylic acids is 3. The van der Waals surface area contributed by atoms with Gasteiger partial charge in [0.15, 0.2) is 0 Å². The van der Waals surface area contributed by atoms with Gasteiger partial charge in [-0.15, -0.1) is 0 Å². The highest BCUT2D eigenvalue weighted by molar-refractivity contribution is 6.31. The summed E-state index contributed by atoms with van der Waals surface area (Å²) in [6, 6.07) is 2.28. The smallest absolute Gasteiger partial charge is 0.345 e. The summed E-state index contributed by atoms with van der Waals surface area (Å²) in [6.45, 7) is 3.02. The zero-order chi connectivity index (χ0) is 20.8. The van der Waals surface area contributed by atoms with Crippen LogP contribution in [-0.2, 0) is 14.3 Å². The second kappa shape index (κ2) is 9.18. The van der Waals surface area contributed by atoms with Crippen molar-refractivity contribution in [3.63, 3.8) is 0 Å². The van der Waals surface area contributed by atoms with E-state index >= 15 is 0 Å². The number of halogens is 1. The molecule has 28 heavy (non-hydrogen) atoms. The molecule has 150 valence electrons. The maximum Gasteiger partial charge on any atom is 0.345 e. The summed E-state index contributed by atoms with van der Waals surface area (Å²) in [5, 5.41) is 16.2. The van der Waals surface area contributed by atoms with Crippen LogP contribution in [0.25, 0.3) is 0 Å². The van der Waals surface area contributed by atoms with E-state index in [-0.39, 0.29) is 28.5 Å². The number of amides is 2. The maximum atomic E-state index is 12.3. The van der Waals surface area contributed by atoms with Gasteiger partial charge in [-0.25, -0.2) is 14.4 Å². The van der Waals surface area contributed by atoms with E-state index in [1.165, 1.54) is 6.07 Å². The molecule has 0 radical (unpaired) electrons. The van der Waals surface area contributed by atoms with Crippen LogP contribution in [0.5, 0.6) is 0 Å². The maximum absolute atomic E-state index is 12.3. The Morgan fingerprint density at radius 1 is 1.25 bits per heavy atom. The van der Waals surface area contributed by atoms with Crippen molar-refractivity contribution in [1.82, 2.24) is 10.6 Å². The lowest BCUT2D eigenvalue weighted by Crippen LogP contribution is -2.51. The van der Waals surface area contributed by atoms with Crippen molar-refractivity contribution in [3.8, 4) is 0 Å². The second-order valence-corrected chi connectivity index (χ2v) is 6.10. The first-order valence-electron chi connectivity index (χ1n) is 8.37. The standard InChI is InChI=1S/C17H18ClN3O7/c1-3-11-14(16(23)27-4-2)12(20-17(24)19-11)8-28-15(22)10-7-9(18)5-6-13(10)21(25)26/h5-7,11H,3-4,8H2,1-2H3,(H2,19,20,24)/t11-/m1/s1. The molecule has 1 aliphatic heterocycles. The van der Waals surface area contributed by atoms with E-state index in [9.17, 15) is 24.5 Å². The Kier molecular flexibility index (Phi) is 6.94. The summed E-state index contributed by atoms with van der Waals surface area (Å²) in [6.07, 6.45) is 0.402. The predicted molar refractivity (Wildman–Crippen MR) is 97.8 cm³/mol. The molecule has 1 aliphatic rings. The lowest BCUT2D eigenvalue weighted by molar-refractivity contribution is -0.385. The fourth-order valence-corrected chi connectivity index (χ4v) is 2.79. The molecule has 0 fully saturated rings. The van der Waals surface area contributed by atoms with Crippen molar-refractivity contribution >= 4 is 35.3 Å². The average Bonchev–Trinajstić information content (AvgIpc) is 2.65. The molecule has 2 rings (SSSR count). The molecule has 11 heteroatoms. The first-order valence-corrected chi connectivity index (χ1v) is 8.75. The Morgan fingerprint density at radius 2 is 1.96 bits per heavy atom. The van der Waals surface area contributed by atoms with E-state index < -0.39 is 41.2 Å². The molecule has 0 saturated heterocycles. The molecule has 2 amide bonds. The summed E-state index contributed by atoms with van der Waals surface area (Å²) in [4.78, 5) is 46.8. The molecule has 1 aromatic rings. The van der Waals surface area contributed by atoms with Gasteiger partial charge in [-0.3, -0.25) is 10.1 Å². The van der Waals surface area contributed by atoms with E-state index in [1.807, 2.05) is 0 Å². The first-order chi connectivity index (χ1) is 13.3. The van der Waals surface area contributed by atoms with E-state index in [1.54, 1.807) is 13.8 Å². The highest BCUT2D eigenvalue weighted by atomic mass is 35.5. The monoisotopic (exact) mass is 411 g/mol. The lowest BCUT2D eigenvalue weighted by atomic mass is 10.0. The zero-order valence-corrected chi connectivity index (χ0v) is 15.9. The molecule has 1 atom stereocenters. The molecule has 1 aromatic carbocycles. The number of rotatable bonds is 7. The van der Waals surface area contributed by atoms with Crippen molar-refractivity contribution in [3.05, 3.63) is 50.2 Å². The van der Waals surface area contributed by atoms with Gasteiger partial charge >= 0.3 is 18.0 Å². The molecule has 1 heterocycles. The van der Waals surface area contributed by atoms with Gasteiger partial charge in [0, 0.05) is 11.1 Å². The van der Waals surface area contributed by atoms with Gasteiger partial charge in [-0.1, -0.05) is 18.5 Å². The van der Waals surface area contributed by atoms with Gasteiger partial charge in [0.25, 0.3) is 5.69 Å². The minimum absolute atomic E-state index is 0.0482. The third kappa shape index (κ3) is 4.77. The zero-order valence-electron chi connectivity index (χ0n) is 15.1. The van der Waals surface area contributed by atoms with Crippen LogP contribution in [-0.4, -0.2) is 42.1 Å². The molecule has 2 N–H and O–H groups in total. The SMILES string of the molecule is CCOC(=O)C1=C(COC(=O)c2cc(Cl)ccc2[N+](=O)[O-])NC(=O)N[C@@H]1CC. The largest absolute Gasteiger partial charge is 0.463 e. The number of urea groups is 1. The molecule has 0 aromatic heterocycles. The number of nitrogens with zero attached hydrogens (tertiary/aromatic N) is 1. The molecular formula is C17H18ClN3O7. The van der Waals surface area contributed by atoms with Crippen molar-refractivity contribution in [2.45, 2.75) is 26.3 Å². The fourth-order valence-electron chi connectivity index (χ4n) is 2.62. The summed E-state index contributed by atoms with van der Waals surface area (Å²) in [5.41, 5.74) is -0.651. The van der Waals surface area contributed by atoms with Crippen LogP contribution >= 0.6 is 11.6 Å². The Bertz CT molecular complexity index is 853. The van der Waals surface area contributed by atoms with Crippen LogP contribution in [0, 0.1) is 10.1 Å². The summed E-state index contributed by atoms with van der Waals surface area (Å²) >= 11 is 5.80. The summed E-state index contributed by atoms with van der Waals surface area (Å²) < 4.78 is 10.1. The Balaban J connectivity index is 2.30. The minimum atomic E-state index is -1.02. The number of esters is 2. The number of benzene rings is 1. The van der Waals surface area contributed by atoms with E-state index in [0.717, 1.165) is 12.1 Å². The molecule has 0 saturated carbocycles. The number of carbonyl (C=O) groups is 3. The number of hydrogen-bond donors (Lipinski definition) is 2. The molecular weight excluding hydrogens is 394 g/mol. The van der Waals surface area contributed by atoms with Crippen molar-refractivity contribution < 1.29 is 28.8 Å². The van der Waals surface area contributed by atoms with Gasteiger partial charge in [0.05, 0.1) is 28.8 Å². The number of nitro benzene ring substituents is 1. The molecule has 0 spiro atoms. The van der Waals surface area contributed by atoms with Crippen LogP contribution in [0.15, 0.2) is 29.5 Å². The second-order valence-electron chi connectivity index (χ2n) is 5.67. The van der Waals surface area contributed by atoms with Crippen LogP contribution in [0.4, 0.5) is 10.5 Å². The average molecular weight is 412 g/mol. The van der Waals surface area contributed by atoms with Crippen LogP contribution in [0.3, 0.4) is 0 Å². The third-order valence-electron chi connectivity index (χ3n) is 3.87. The van der Waals surface area contributed by atoms with Crippen molar-refractivity contribution in [1.29, 1.82) is 0 Å². The highest BCUT2D eigenvalue weighted by Gasteiger charge is 2.32. The third-order valence-corrected chi connectivity index (χ3v) is 4.10. The van der Waals surface area contributed by atoms with Crippen LogP contribution in [0.2, 0.25) is 5.02 Å². The van der Waals surface area contributed by atoms with Gasteiger partial charge in [0.1, 0.15) is 12.2 Å². The number of nitro groups is 1. The molecule has 0 aliphatic carbocycles. The highest BCUT2D eigenvalue weighted by Crippen LogP contribution is 2.24. The quantitative estimate of drug-likeness (QED) is 0.399. The fraction of sp³-hybridized carbons (Fsp3) is 0.353. The Morgan fingerprint density at radius 3 is 2.57 bits per heavy atom. The summed E-state index contributed by atoms with van der Waals surface area (Å²) in [7, 11) is 0. The molecule has 10 nitrogen and oxygen atoms in total. The Hall–Kier alpha value is -3.14. The number of hydrogen-bond acceptors (Lipinski definition) is 7. The van der Waals surface area contributed by atoms with Gasteiger partial charge in [0.2, 0.25) is 0 Å². The van der Waals surface area contributed by atoms with E-state index in [2.05, 4.69) is 10.6 Å². The minimum Gasteiger partial charge on any atom is -0.463 e. The van der Waals surface area contributed by atoms with Gasteiger partial charge in [-0.05, 0) is 25.5 Å². The topological polar surface area (TPSA) is 137 Å². The van der Waals surface area contributed by atoms with Crippen molar-refractivity contribution in [2.75, 3.05) is 13.2 Å². The lowest BCUT2D eigenvalue weighted by Gasteiger charge is -2.28. The normalized spacial score (nSPS) is 16.1. The van der Waals surface area contributed by atoms with Gasteiger partial charge < -0.3 is 20.1 Å². The number of nitrogens with one attached hydrogen (secondary N) is 2. The summed E-state index contributed by atoms with van der Waals surface area (Å²) in [5.74, 6) is -1.69.